The Morgan fingerprint density at radius 1 is 1.29 bits per heavy atom. The smallest absolute Gasteiger partial charge is 0.299 e. The van der Waals surface area contributed by atoms with Gasteiger partial charge >= 0.3 is 0 Å². The first-order valence-corrected chi connectivity index (χ1v) is 7.08. The van der Waals surface area contributed by atoms with Crippen LogP contribution in [0.25, 0.3) is 4.96 Å². The van der Waals surface area contributed by atoms with Crippen LogP contribution in [0.3, 0.4) is 0 Å². The number of anilines is 1. The van der Waals surface area contributed by atoms with Crippen LogP contribution in [-0.2, 0) is 11.3 Å². The zero-order chi connectivity index (χ0) is 14.6. The number of Topliss-reactive ketones (excluding diaryl/α,β-unsaturated/α-hetero) is 1. The number of halogens is 1. The molecule has 7 heteroatoms. The van der Waals surface area contributed by atoms with Gasteiger partial charge in [-0.1, -0.05) is 0 Å². The molecule has 3 aromatic rings. The molecule has 1 aromatic carbocycles. The summed E-state index contributed by atoms with van der Waals surface area (Å²) in [6, 6.07) is 3.73. The van der Waals surface area contributed by atoms with Crippen molar-refractivity contribution in [3.8, 4) is 0 Å². The second-order valence-electron chi connectivity index (χ2n) is 4.71. The first kappa shape index (κ1) is 12.2. The summed E-state index contributed by atoms with van der Waals surface area (Å²) in [4.78, 5) is 30.4. The second kappa shape index (κ2) is 4.23. The van der Waals surface area contributed by atoms with E-state index in [1.807, 2.05) is 16.0 Å². The van der Waals surface area contributed by atoms with Gasteiger partial charge in [-0.15, -0.1) is 11.3 Å². The summed E-state index contributed by atoms with van der Waals surface area (Å²) >= 11 is 1.48. The number of fused-ring (bicyclic) bond motifs is 2. The Morgan fingerprint density at radius 3 is 2.95 bits per heavy atom. The van der Waals surface area contributed by atoms with Crippen molar-refractivity contribution in [3.63, 3.8) is 0 Å². The third-order valence-corrected chi connectivity index (χ3v) is 4.17. The minimum Gasteiger partial charge on any atom is -0.299 e. The van der Waals surface area contributed by atoms with Gasteiger partial charge in [0.05, 0.1) is 23.5 Å². The monoisotopic (exact) mass is 301 g/mol. The third kappa shape index (κ3) is 1.78. The molecule has 1 aliphatic heterocycles. The number of imidazole rings is 1. The molecule has 104 valence electrons. The zero-order valence-electron chi connectivity index (χ0n) is 10.6. The van der Waals surface area contributed by atoms with Gasteiger partial charge in [0, 0.05) is 17.8 Å². The van der Waals surface area contributed by atoms with Crippen molar-refractivity contribution in [2.75, 3.05) is 4.90 Å². The van der Waals surface area contributed by atoms with Crippen LogP contribution in [-0.4, -0.2) is 21.1 Å². The van der Waals surface area contributed by atoms with Crippen LogP contribution >= 0.6 is 11.3 Å². The van der Waals surface area contributed by atoms with E-state index >= 15 is 0 Å². The highest BCUT2D eigenvalue weighted by molar-refractivity contribution is 7.15. The maximum Gasteiger partial charge on any atom is 0.299 e. The number of ketones is 1. The fourth-order valence-electron chi connectivity index (χ4n) is 2.44. The average molecular weight is 301 g/mol. The number of carbonyl (C=O) groups excluding carboxylic acids is 2. The Hall–Kier alpha value is -2.54. The first-order chi connectivity index (χ1) is 10.1. The Balaban J connectivity index is 1.75. The largest absolute Gasteiger partial charge is 0.299 e. The molecular weight excluding hydrogens is 293 g/mol. The predicted molar refractivity (Wildman–Crippen MR) is 75.0 cm³/mol. The Labute approximate surface area is 122 Å². The van der Waals surface area contributed by atoms with E-state index in [1.54, 1.807) is 6.20 Å². The van der Waals surface area contributed by atoms with E-state index in [2.05, 4.69) is 4.98 Å². The lowest BCUT2D eigenvalue weighted by Gasteiger charge is -2.14. The molecule has 4 rings (SSSR count). The van der Waals surface area contributed by atoms with Crippen molar-refractivity contribution >= 4 is 33.7 Å². The number of carbonyl (C=O) groups is 2. The van der Waals surface area contributed by atoms with Gasteiger partial charge < -0.3 is 0 Å². The summed E-state index contributed by atoms with van der Waals surface area (Å²) in [5.41, 5.74) is 1.20. The van der Waals surface area contributed by atoms with Gasteiger partial charge in [-0.3, -0.25) is 18.9 Å². The number of amides is 1. The number of rotatable bonds is 2. The number of aromatic nitrogens is 2. The molecule has 3 heterocycles. The number of thiazole rings is 1. The highest BCUT2D eigenvalue weighted by Crippen LogP contribution is 2.31. The fourth-order valence-corrected chi connectivity index (χ4v) is 3.16. The molecule has 1 aliphatic rings. The lowest BCUT2D eigenvalue weighted by atomic mass is 10.1. The van der Waals surface area contributed by atoms with Crippen molar-refractivity contribution in [3.05, 3.63) is 53.0 Å². The molecule has 0 radical (unpaired) electrons. The van der Waals surface area contributed by atoms with E-state index in [0.29, 0.717) is 11.4 Å². The zero-order valence-corrected chi connectivity index (χ0v) is 11.4. The Kier molecular flexibility index (Phi) is 2.46. The Bertz CT molecular complexity index is 870. The normalized spacial score (nSPS) is 14.2. The van der Waals surface area contributed by atoms with Gasteiger partial charge in [0.25, 0.3) is 11.7 Å². The molecule has 0 saturated heterocycles. The summed E-state index contributed by atoms with van der Waals surface area (Å²) in [5.74, 6) is -1.73. The van der Waals surface area contributed by atoms with E-state index < -0.39 is 17.5 Å². The van der Waals surface area contributed by atoms with Crippen LogP contribution in [0.2, 0.25) is 0 Å². The number of hydrogen-bond acceptors (Lipinski definition) is 4. The van der Waals surface area contributed by atoms with Crippen molar-refractivity contribution in [2.24, 2.45) is 0 Å². The molecular formula is C14H8FN3O2S. The maximum absolute atomic E-state index is 13.4. The molecule has 0 unspecified atom stereocenters. The minimum absolute atomic E-state index is 0.148. The summed E-state index contributed by atoms with van der Waals surface area (Å²) in [6.45, 7) is 0.148. The summed E-state index contributed by atoms with van der Waals surface area (Å²) in [7, 11) is 0. The van der Waals surface area contributed by atoms with Gasteiger partial charge in [-0.05, 0) is 18.2 Å². The van der Waals surface area contributed by atoms with Crippen LogP contribution in [0.1, 0.15) is 16.1 Å². The van der Waals surface area contributed by atoms with Crippen LogP contribution in [0.4, 0.5) is 10.1 Å². The summed E-state index contributed by atoms with van der Waals surface area (Å²) in [6.07, 6.45) is 3.65. The van der Waals surface area contributed by atoms with Gasteiger partial charge in [0.2, 0.25) is 0 Å². The third-order valence-electron chi connectivity index (χ3n) is 3.40. The molecule has 0 fully saturated rings. The summed E-state index contributed by atoms with van der Waals surface area (Å²) < 4.78 is 15.2. The molecule has 1 amide bonds. The van der Waals surface area contributed by atoms with E-state index in [9.17, 15) is 14.0 Å². The van der Waals surface area contributed by atoms with Gasteiger partial charge in [-0.25, -0.2) is 9.37 Å². The van der Waals surface area contributed by atoms with E-state index in [1.165, 1.54) is 34.4 Å². The molecule has 0 saturated carbocycles. The predicted octanol–water partition coefficient (Wildman–Crippen LogP) is 2.26. The molecule has 0 spiro atoms. The fraction of sp³-hybridized carbons (Fsp3) is 0.0714. The number of benzene rings is 1. The minimum atomic E-state index is -0.646. The quantitative estimate of drug-likeness (QED) is 0.682. The van der Waals surface area contributed by atoms with Crippen molar-refractivity contribution in [1.29, 1.82) is 0 Å². The average Bonchev–Trinajstić information content (AvgIpc) is 3.09. The topological polar surface area (TPSA) is 54.7 Å². The lowest BCUT2D eigenvalue weighted by molar-refractivity contribution is -0.114. The first-order valence-electron chi connectivity index (χ1n) is 6.20. The number of nitrogens with zero attached hydrogens (tertiary/aromatic N) is 3. The molecule has 21 heavy (non-hydrogen) atoms. The molecule has 5 nitrogen and oxygen atoms in total. The molecule has 0 N–H and O–H groups in total. The number of hydrogen-bond donors (Lipinski definition) is 0. The van der Waals surface area contributed by atoms with Crippen LogP contribution < -0.4 is 4.90 Å². The molecule has 2 aromatic heterocycles. The summed E-state index contributed by atoms with van der Waals surface area (Å²) in [5, 5.41) is 1.90. The SMILES string of the molecule is O=C1C(=O)N(Cc2cn3ccsc3n2)c2cc(F)ccc21. The second-order valence-corrected chi connectivity index (χ2v) is 5.58. The van der Waals surface area contributed by atoms with E-state index in [-0.39, 0.29) is 12.1 Å². The highest BCUT2D eigenvalue weighted by atomic mass is 32.1. The molecule has 0 atom stereocenters. The van der Waals surface area contributed by atoms with Crippen molar-refractivity contribution in [2.45, 2.75) is 6.54 Å². The molecule has 0 bridgehead atoms. The van der Waals surface area contributed by atoms with Gasteiger partial charge in [-0.2, -0.15) is 0 Å². The van der Waals surface area contributed by atoms with Gasteiger partial charge in [0.1, 0.15) is 5.82 Å². The van der Waals surface area contributed by atoms with Crippen molar-refractivity contribution in [1.82, 2.24) is 9.38 Å². The molecule has 0 aliphatic carbocycles. The van der Waals surface area contributed by atoms with E-state index in [0.717, 1.165) is 4.96 Å². The Morgan fingerprint density at radius 2 is 2.14 bits per heavy atom. The maximum atomic E-state index is 13.4. The standard InChI is InChI=1S/C14H8FN3O2S/c15-8-1-2-10-11(5-8)18(13(20)12(10)19)7-9-6-17-3-4-21-14(17)16-9/h1-6H,7H2. The highest BCUT2D eigenvalue weighted by Gasteiger charge is 2.36. The van der Waals surface area contributed by atoms with Crippen LogP contribution in [0, 0.1) is 5.82 Å². The van der Waals surface area contributed by atoms with Crippen molar-refractivity contribution < 1.29 is 14.0 Å². The van der Waals surface area contributed by atoms with E-state index in [4.69, 9.17) is 0 Å². The van der Waals surface area contributed by atoms with Gasteiger partial charge in [0.15, 0.2) is 4.96 Å². The van der Waals surface area contributed by atoms with Crippen LogP contribution in [0.5, 0.6) is 0 Å². The lowest BCUT2D eigenvalue weighted by Crippen LogP contribution is -2.29. The van der Waals surface area contributed by atoms with Crippen LogP contribution in [0.15, 0.2) is 36.0 Å².